The molecule has 0 aliphatic heterocycles. The summed E-state index contributed by atoms with van der Waals surface area (Å²) in [6.45, 7) is 9.05. The molecule has 0 N–H and O–H groups in total. The van der Waals surface area contributed by atoms with E-state index in [1.165, 1.54) is 21.4 Å². The predicted molar refractivity (Wildman–Crippen MR) is 68.4 cm³/mol. The normalized spacial score (nSPS) is 7.75. The molecule has 0 bridgehead atoms. The summed E-state index contributed by atoms with van der Waals surface area (Å²) in [4.78, 5) is 0. The third kappa shape index (κ3) is 12.8. The average Bonchev–Trinajstić information content (AvgIpc) is 2.22. The van der Waals surface area contributed by atoms with Crippen molar-refractivity contribution in [3.05, 3.63) is 35.9 Å². The van der Waals surface area contributed by atoms with Gasteiger partial charge >= 0.3 is 29.6 Å². The van der Waals surface area contributed by atoms with E-state index in [2.05, 4.69) is 39.8 Å². The number of hydrogen-bond acceptors (Lipinski definition) is 0. The minimum atomic E-state index is -0.171. The van der Waals surface area contributed by atoms with Gasteiger partial charge in [-0.05, 0) is 6.92 Å². The maximum Gasteiger partial charge on any atom is 1.00 e. The molecular formula is C13H23AlFNa. The fourth-order valence-electron chi connectivity index (χ4n) is 1.40. The fraction of sp³-hybridized carbons (Fsp3) is 0.538. The van der Waals surface area contributed by atoms with Gasteiger partial charge in [-0.1, -0.05) is 72.5 Å². The molecule has 0 saturated carbocycles. The van der Waals surface area contributed by atoms with Crippen molar-refractivity contribution in [1.82, 2.24) is 0 Å². The topological polar surface area (TPSA) is 0 Å². The minimum absolute atomic E-state index is 0. The van der Waals surface area contributed by atoms with Crippen LogP contribution in [0.2, 0.25) is 15.8 Å². The summed E-state index contributed by atoms with van der Waals surface area (Å²) in [5.41, 5.74) is 1.32. The van der Waals surface area contributed by atoms with E-state index in [4.69, 9.17) is 0 Å². The zero-order valence-electron chi connectivity index (χ0n) is 11.5. The Kier molecular flexibility index (Phi) is 21.5. The van der Waals surface area contributed by atoms with Crippen molar-refractivity contribution in [2.75, 3.05) is 0 Å². The Bertz CT molecular complexity index is 207. The summed E-state index contributed by atoms with van der Waals surface area (Å²) in [6, 6.07) is 10.3. The van der Waals surface area contributed by atoms with Crippen LogP contribution in [0.5, 0.6) is 0 Å². The van der Waals surface area contributed by atoms with Crippen LogP contribution in [0.1, 0.15) is 26.3 Å². The molecule has 0 aliphatic rings. The molecule has 1 aromatic carbocycles. The van der Waals surface area contributed by atoms with E-state index in [-0.39, 0.29) is 48.4 Å². The first-order valence-corrected chi connectivity index (χ1v) is 8.21. The Hall–Kier alpha value is 0.682. The first-order chi connectivity index (χ1) is 6.74. The molecule has 1 rings (SSSR count). The molecule has 0 atom stereocenters. The maximum atomic E-state index is 2.32. The van der Waals surface area contributed by atoms with E-state index < -0.39 is 0 Å². The molecule has 0 fully saturated rings. The molecule has 0 saturated heterocycles. The summed E-state index contributed by atoms with van der Waals surface area (Å²) in [7, 11) is 0. The van der Waals surface area contributed by atoms with Gasteiger partial charge < -0.3 is 4.70 Å². The van der Waals surface area contributed by atoms with Crippen LogP contribution >= 0.6 is 0 Å². The molecule has 0 radical (unpaired) electrons. The SMILES string of the molecule is C[CH2][Al]([CH2]C)[CH2]C.Cc1ccccc1.[F-].[Na+]. The van der Waals surface area contributed by atoms with E-state index in [9.17, 15) is 0 Å². The Labute approximate surface area is 127 Å². The van der Waals surface area contributed by atoms with Gasteiger partial charge in [-0.25, -0.2) is 0 Å². The molecule has 0 unspecified atom stereocenters. The third-order valence-electron chi connectivity index (χ3n) is 2.67. The molecule has 1 aromatic rings. The van der Waals surface area contributed by atoms with Gasteiger partial charge in [0.25, 0.3) is 14.1 Å². The third-order valence-corrected chi connectivity index (χ3v) is 6.14. The zero-order chi connectivity index (χ0) is 10.8. The van der Waals surface area contributed by atoms with Gasteiger partial charge in [0.05, 0.1) is 0 Å². The minimum Gasteiger partial charge on any atom is -1.00 e. The monoisotopic (exact) mass is 248 g/mol. The van der Waals surface area contributed by atoms with Crippen LogP contribution in [0.3, 0.4) is 0 Å². The second kappa shape index (κ2) is 15.7. The molecule has 0 nitrogen and oxygen atoms in total. The largest absolute Gasteiger partial charge is 1.00 e. The first kappa shape index (κ1) is 21.9. The Morgan fingerprint density at radius 3 is 1.38 bits per heavy atom. The molecular weight excluding hydrogens is 225 g/mol. The summed E-state index contributed by atoms with van der Waals surface area (Å²) >= 11 is -0.171. The van der Waals surface area contributed by atoms with Gasteiger partial charge in [-0.2, -0.15) is 0 Å². The van der Waals surface area contributed by atoms with Crippen LogP contribution in [0, 0.1) is 6.92 Å². The second-order valence-electron chi connectivity index (χ2n) is 3.75. The van der Waals surface area contributed by atoms with Crippen molar-refractivity contribution in [2.45, 2.75) is 43.5 Å². The van der Waals surface area contributed by atoms with E-state index in [1.807, 2.05) is 18.2 Å². The van der Waals surface area contributed by atoms with Crippen LogP contribution in [0.15, 0.2) is 30.3 Å². The van der Waals surface area contributed by atoms with E-state index in [0.29, 0.717) is 0 Å². The quantitative estimate of drug-likeness (QED) is 0.574. The number of hydrogen-bond donors (Lipinski definition) is 0. The van der Waals surface area contributed by atoms with Gasteiger partial charge in [-0.15, -0.1) is 0 Å². The van der Waals surface area contributed by atoms with Crippen LogP contribution in [-0.2, 0) is 0 Å². The first-order valence-electron chi connectivity index (χ1n) is 5.76. The van der Waals surface area contributed by atoms with Crippen LogP contribution in [0.4, 0.5) is 0 Å². The summed E-state index contributed by atoms with van der Waals surface area (Å²) in [6.07, 6.45) is 0. The molecule has 16 heavy (non-hydrogen) atoms. The number of benzene rings is 1. The van der Waals surface area contributed by atoms with Crippen LogP contribution in [0.25, 0.3) is 0 Å². The van der Waals surface area contributed by atoms with Gasteiger partial charge in [0.2, 0.25) is 0 Å². The van der Waals surface area contributed by atoms with Gasteiger partial charge in [0.1, 0.15) is 0 Å². The molecule has 0 aliphatic carbocycles. The Morgan fingerprint density at radius 2 is 1.25 bits per heavy atom. The van der Waals surface area contributed by atoms with Crippen molar-refractivity contribution < 1.29 is 34.3 Å². The van der Waals surface area contributed by atoms with Crippen molar-refractivity contribution in [1.29, 1.82) is 0 Å². The van der Waals surface area contributed by atoms with Crippen molar-refractivity contribution in [3.63, 3.8) is 0 Å². The summed E-state index contributed by atoms with van der Waals surface area (Å²) in [5, 5.41) is 4.48. The number of aryl methyl sites for hydroxylation is 1. The molecule has 0 aromatic heterocycles. The van der Waals surface area contributed by atoms with Gasteiger partial charge in [0.15, 0.2) is 0 Å². The van der Waals surface area contributed by atoms with Gasteiger partial charge in [-0.3, -0.25) is 0 Å². The molecule has 3 heteroatoms. The number of halogens is 1. The smallest absolute Gasteiger partial charge is 1.00 e. The van der Waals surface area contributed by atoms with E-state index >= 15 is 0 Å². The molecule has 0 spiro atoms. The van der Waals surface area contributed by atoms with Crippen molar-refractivity contribution >= 4 is 14.1 Å². The van der Waals surface area contributed by atoms with Crippen molar-refractivity contribution in [3.8, 4) is 0 Å². The molecule has 0 heterocycles. The maximum absolute atomic E-state index is 2.32. The second-order valence-corrected chi connectivity index (χ2v) is 7.93. The molecule has 86 valence electrons. The van der Waals surface area contributed by atoms with E-state index in [1.54, 1.807) is 0 Å². The predicted octanol–water partition coefficient (Wildman–Crippen LogP) is -1.46. The summed E-state index contributed by atoms with van der Waals surface area (Å²) < 4.78 is 0. The van der Waals surface area contributed by atoms with Crippen LogP contribution < -0.4 is 34.3 Å². The molecule has 0 amide bonds. The standard InChI is InChI=1S/C7H8.3C2H5.Al.FH.Na/c1-7-5-3-2-4-6-7;3*1-2;;;/h2-6H,1H3;3*1H2,2H3;;1H;/q;;;;;;+1/p-1. The Morgan fingerprint density at radius 1 is 0.875 bits per heavy atom. The summed E-state index contributed by atoms with van der Waals surface area (Å²) in [5.74, 6) is 0. The Balaban J connectivity index is -0.000000188. The van der Waals surface area contributed by atoms with Crippen molar-refractivity contribution in [2.24, 2.45) is 0 Å². The van der Waals surface area contributed by atoms with E-state index in [0.717, 1.165) is 0 Å². The van der Waals surface area contributed by atoms with Gasteiger partial charge in [0, 0.05) is 0 Å². The zero-order valence-corrected chi connectivity index (χ0v) is 14.6. The number of rotatable bonds is 3. The fourth-order valence-corrected chi connectivity index (χ4v) is 3.13. The average molecular weight is 248 g/mol. The van der Waals surface area contributed by atoms with Crippen LogP contribution in [-0.4, -0.2) is 14.1 Å².